The molecule has 1 aromatic carbocycles. The zero-order valence-corrected chi connectivity index (χ0v) is 15.5. The van der Waals surface area contributed by atoms with Gasteiger partial charge in [0.05, 0.1) is 28.6 Å². The number of halogens is 3. The minimum Gasteiger partial charge on any atom is -0.378 e. The van der Waals surface area contributed by atoms with Crippen LogP contribution in [0.3, 0.4) is 0 Å². The molecule has 6 heteroatoms. The fourth-order valence-electron chi connectivity index (χ4n) is 2.05. The number of rotatable bonds is 4. The molecule has 0 bridgehead atoms. The molecule has 0 unspecified atom stereocenters. The van der Waals surface area contributed by atoms with Crippen LogP contribution in [0.25, 0.3) is 0 Å². The molecule has 2 aromatic rings. The highest BCUT2D eigenvalue weighted by atomic mass is 79.9. The minimum absolute atomic E-state index is 0.628. The monoisotopic (exact) mass is 419 g/mol. The average molecular weight is 422 g/mol. The van der Waals surface area contributed by atoms with Gasteiger partial charge in [-0.15, -0.1) is 0 Å². The van der Waals surface area contributed by atoms with E-state index in [4.69, 9.17) is 11.6 Å². The Morgan fingerprint density at radius 2 is 1.90 bits per heavy atom. The number of anilines is 1. The van der Waals surface area contributed by atoms with Crippen LogP contribution in [0.2, 0.25) is 5.02 Å². The van der Waals surface area contributed by atoms with E-state index in [0.29, 0.717) is 6.54 Å². The van der Waals surface area contributed by atoms with Crippen molar-refractivity contribution in [2.45, 2.75) is 26.8 Å². The lowest BCUT2D eigenvalue weighted by molar-refractivity contribution is 0.707. The fourth-order valence-corrected chi connectivity index (χ4v) is 4.11. The third-order valence-electron chi connectivity index (χ3n) is 3.12. The van der Waals surface area contributed by atoms with Crippen molar-refractivity contribution in [2.24, 2.45) is 7.05 Å². The summed E-state index contributed by atoms with van der Waals surface area (Å²) in [7, 11) is 1.92. The molecular formula is C14H16Br2ClN3. The third-order valence-corrected chi connectivity index (χ3v) is 4.81. The lowest BCUT2D eigenvalue weighted by atomic mass is 10.2. The van der Waals surface area contributed by atoms with E-state index in [-0.39, 0.29) is 0 Å². The van der Waals surface area contributed by atoms with Crippen LogP contribution in [0.1, 0.15) is 23.9 Å². The van der Waals surface area contributed by atoms with Gasteiger partial charge in [-0.25, -0.2) is 0 Å². The first-order valence-corrected chi connectivity index (χ1v) is 8.30. The molecule has 0 amide bonds. The van der Waals surface area contributed by atoms with Gasteiger partial charge in [0.2, 0.25) is 0 Å². The van der Waals surface area contributed by atoms with Crippen LogP contribution < -0.4 is 5.32 Å². The predicted molar refractivity (Wildman–Crippen MR) is 91.5 cm³/mol. The molecule has 0 spiro atoms. The highest BCUT2D eigenvalue weighted by Crippen LogP contribution is 2.33. The second-order valence-electron chi connectivity index (χ2n) is 4.64. The van der Waals surface area contributed by atoms with Gasteiger partial charge in [-0.05, 0) is 62.9 Å². The van der Waals surface area contributed by atoms with E-state index >= 15 is 0 Å². The van der Waals surface area contributed by atoms with Crippen LogP contribution in [0.5, 0.6) is 0 Å². The number of hydrogen-bond donors (Lipinski definition) is 1. The molecule has 1 heterocycles. The van der Waals surface area contributed by atoms with Gasteiger partial charge in [-0.3, -0.25) is 4.68 Å². The fraction of sp³-hybridized carbons (Fsp3) is 0.357. The number of nitrogens with zero attached hydrogens (tertiary/aromatic N) is 2. The molecule has 2 rings (SSSR count). The number of benzene rings is 1. The first-order chi connectivity index (χ1) is 9.43. The van der Waals surface area contributed by atoms with E-state index in [1.165, 1.54) is 5.56 Å². The molecule has 0 atom stereocenters. The zero-order valence-electron chi connectivity index (χ0n) is 11.6. The zero-order chi connectivity index (χ0) is 14.9. The van der Waals surface area contributed by atoms with Gasteiger partial charge in [-0.2, -0.15) is 5.10 Å². The molecule has 0 aliphatic carbocycles. The maximum Gasteiger partial charge on any atom is 0.0868 e. The Kier molecular flexibility index (Phi) is 5.15. The third kappa shape index (κ3) is 3.21. The summed E-state index contributed by atoms with van der Waals surface area (Å²) >= 11 is 13.5. The summed E-state index contributed by atoms with van der Waals surface area (Å²) in [4.78, 5) is 0. The minimum atomic E-state index is 0.628. The lowest BCUT2D eigenvalue weighted by Gasteiger charge is -2.12. The summed E-state index contributed by atoms with van der Waals surface area (Å²) in [5, 5.41) is 8.58. The van der Waals surface area contributed by atoms with Crippen molar-refractivity contribution < 1.29 is 0 Å². The van der Waals surface area contributed by atoms with Gasteiger partial charge in [0.25, 0.3) is 0 Å². The van der Waals surface area contributed by atoms with Crippen molar-refractivity contribution in [3.8, 4) is 0 Å². The molecular weight excluding hydrogens is 405 g/mol. The summed E-state index contributed by atoms with van der Waals surface area (Å²) < 4.78 is 3.89. The van der Waals surface area contributed by atoms with Crippen LogP contribution >= 0.6 is 43.5 Å². The molecule has 1 aromatic heterocycles. The van der Waals surface area contributed by atoms with Crippen LogP contribution in [0.15, 0.2) is 21.1 Å². The maximum atomic E-state index is 6.35. The first-order valence-electron chi connectivity index (χ1n) is 6.33. The van der Waals surface area contributed by atoms with Crippen molar-refractivity contribution in [3.05, 3.63) is 43.1 Å². The van der Waals surface area contributed by atoms with Gasteiger partial charge in [0.15, 0.2) is 0 Å². The van der Waals surface area contributed by atoms with Gasteiger partial charge in [0, 0.05) is 16.0 Å². The van der Waals surface area contributed by atoms with Crippen LogP contribution in [-0.4, -0.2) is 9.78 Å². The van der Waals surface area contributed by atoms with Gasteiger partial charge in [0.1, 0.15) is 0 Å². The topological polar surface area (TPSA) is 29.9 Å². The molecule has 0 radical (unpaired) electrons. The Balaban J connectivity index is 2.24. The van der Waals surface area contributed by atoms with E-state index in [0.717, 1.165) is 37.5 Å². The van der Waals surface area contributed by atoms with E-state index in [1.54, 1.807) is 0 Å². The quantitative estimate of drug-likeness (QED) is 0.746. The molecule has 20 heavy (non-hydrogen) atoms. The summed E-state index contributed by atoms with van der Waals surface area (Å²) in [6.07, 6.45) is 0.838. The Labute approximate surface area is 141 Å². The lowest BCUT2D eigenvalue weighted by Crippen LogP contribution is -2.07. The average Bonchev–Trinajstić information content (AvgIpc) is 2.64. The Morgan fingerprint density at radius 3 is 2.40 bits per heavy atom. The summed E-state index contributed by atoms with van der Waals surface area (Å²) in [6, 6.07) is 4.16. The Bertz CT molecular complexity index is 615. The van der Waals surface area contributed by atoms with Crippen molar-refractivity contribution in [1.82, 2.24) is 9.78 Å². The second-order valence-corrected chi connectivity index (χ2v) is 6.73. The molecule has 1 N–H and O–H groups in total. The molecule has 108 valence electrons. The standard InChI is InChI=1S/C14H16Br2ClN3/c1-4-11-13(17)12(20(3)19-11)7-18-14-9(15)5-8(2)6-10(14)16/h5-6,18H,4,7H2,1-3H3. The molecule has 3 nitrogen and oxygen atoms in total. The van der Waals surface area contributed by atoms with Crippen LogP contribution in [0.4, 0.5) is 5.69 Å². The van der Waals surface area contributed by atoms with E-state index in [1.807, 2.05) is 11.7 Å². The van der Waals surface area contributed by atoms with Crippen LogP contribution in [0, 0.1) is 6.92 Å². The number of aryl methyl sites for hydroxylation is 3. The largest absolute Gasteiger partial charge is 0.378 e. The van der Waals surface area contributed by atoms with Crippen molar-refractivity contribution >= 4 is 49.1 Å². The first kappa shape index (κ1) is 15.9. The second kappa shape index (κ2) is 6.50. The van der Waals surface area contributed by atoms with Crippen molar-refractivity contribution in [3.63, 3.8) is 0 Å². The number of aromatic nitrogens is 2. The summed E-state index contributed by atoms with van der Waals surface area (Å²) in [5.74, 6) is 0. The van der Waals surface area contributed by atoms with E-state index in [2.05, 4.69) is 68.3 Å². The van der Waals surface area contributed by atoms with E-state index < -0.39 is 0 Å². The van der Waals surface area contributed by atoms with Gasteiger partial charge < -0.3 is 5.32 Å². The summed E-state index contributed by atoms with van der Waals surface area (Å²) in [6.45, 7) is 4.74. The highest BCUT2D eigenvalue weighted by Gasteiger charge is 2.14. The normalized spacial score (nSPS) is 10.9. The van der Waals surface area contributed by atoms with Crippen molar-refractivity contribution in [1.29, 1.82) is 0 Å². The van der Waals surface area contributed by atoms with Crippen molar-refractivity contribution in [2.75, 3.05) is 5.32 Å². The maximum absolute atomic E-state index is 6.35. The predicted octanol–water partition coefficient (Wildman–Crippen LogP) is 5.08. The van der Waals surface area contributed by atoms with Gasteiger partial charge in [-0.1, -0.05) is 18.5 Å². The number of nitrogens with one attached hydrogen (secondary N) is 1. The SMILES string of the molecule is CCc1nn(C)c(CNc2c(Br)cc(C)cc2Br)c1Cl. The smallest absolute Gasteiger partial charge is 0.0868 e. The Morgan fingerprint density at radius 1 is 1.30 bits per heavy atom. The molecule has 0 saturated heterocycles. The van der Waals surface area contributed by atoms with Gasteiger partial charge >= 0.3 is 0 Å². The van der Waals surface area contributed by atoms with E-state index in [9.17, 15) is 0 Å². The summed E-state index contributed by atoms with van der Waals surface area (Å²) in [5.41, 5.74) is 4.14. The van der Waals surface area contributed by atoms with Crippen LogP contribution in [-0.2, 0) is 20.0 Å². The molecule has 0 saturated carbocycles. The molecule has 0 fully saturated rings. The Hall–Kier alpha value is -0.520. The number of hydrogen-bond acceptors (Lipinski definition) is 2. The molecule has 0 aliphatic rings. The highest BCUT2D eigenvalue weighted by molar-refractivity contribution is 9.11. The molecule has 0 aliphatic heterocycles.